The molecule has 1 aliphatic heterocycles. The van der Waals surface area contributed by atoms with Crippen LogP contribution in [0.3, 0.4) is 0 Å². The number of carbonyl (C=O) groups excluding carboxylic acids is 1. The Morgan fingerprint density at radius 1 is 1.27 bits per heavy atom. The minimum absolute atomic E-state index is 0.0483. The van der Waals surface area contributed by atoms with Crippen LogP contribution in [0.4, 0.5) is 5.69 Å². The molecule has 1 fully saturated rings. The molecular formula is C19H30N2O4S. The highest BCUT2D eigenvalue weighted by molar-refractivity contribution is 7.91. The lowest BCUT2D eigenvalue weighted by molar-refractivity contribution is -0.130. The third-order valence-electron chi connectivity index (χ3n) is 4.94. The molecule has 26 heavy (non-hydrogen) atoms. The van der Waals surface area contributed by atoms with Crippen LogP contribution in [-0.4, -0.2) is 45.9 Å². The van der Waals surface area contributed by atoms with Crippen molar-refractivity contribution in [3.8, 4) is 0 Å². The second kappa shape index (κ2) is 8.06. The van der Waals surface area contributed by atoms with E-state index in [1.807, 2.05) is 0 Å². The molecule has 0 radical (unpaired) electrons. The average molecular weight is 383 g/mol. The summed E-state index contributed by atoms with van der Waals surface area (Å²) in [5.41, 5.74) is 0.738. The highest BCUT2D eigenvalue weighted by Crippen LogP contribution is 2.31. The number of nitrogens with one attached hydrogen (secondary N) is 2. The third kappa shape index (κ3) is 4.84. The number of methoxy groups -OCH3 is 1. The first-order chi connectivity index (χ1) is 12.1. The molecule has 0 unspecified atom stereocenters. The lowest BCUT2D eigenvalue weighted by Gasteiger charge is -2.35. The van der Waals surface area contributed by atoms with Gasteiger partial charge in [-0.3, -0.25) is 4.79 Å². The molecule has 2 N–H and O–H groups in total. The summed E-state index contributed by atoms with van der Waals surface area (Å²) >= 11 is 0. The number of hydrogen-bond acceptors (Lipinski definition) is 5. The summed E-state index contributed by atoms with van der Waals surface area (Å²) in [7, 11) is -1.67. The Morgan fingerprint density at radius 2 is 1.92 bits per heavy atom. The maximum atomic E-state index is 12.9. The lowest BCUT2D eigenvalue weighted by atomic mass is 9.78. The van der Waals surface area contributed by atoms with Crippen LogP contribution in [0.2, 0.25) is 0 Å². The zero-order valence-electron chi connectivity index (χ0n) is 16.1. The molecule has 0 bridgehead atoms. The number of rotatable bonds is 6. The predicted octanol–water partition coefficient (Wildman–Crippen LogP) is 2.35. The number of anilines is 1. The first-order valence-electron chi connectivity index (χ1n) is 8.92. The number of amides is 1. The number of hydrogen-bond donors (Lipinski definition) is 2. The van der Waals surface area contributed by atoms with Crippen LogP contribution in [0.25, 0.3) is 0 Å². The first kappa shape index (κ1) is 20.9. The van der Waals surface area contributed by atoms with Crippen LogP contribution >= 0.6 is 0 Å². The Balaban J connectivity index is 2.16. The quantitative estimate of drug-likeness (QED) is 0.789. The molecule has 146 valence electrons. The van der Waals surface area contributed by atoms with E-state index in [1.54, 1.807) is 52.1 Å². The van der Waals surface area contributed by atoms with Gasteiger partial charge < -0.3 is 15.4 Å². The molecule has 1 heterocycles. The molecule has 0 aliphatic carbocycles. The maximum Gasteiger partial charge on any atom is 0.233 e. The summed E-state index contributed by atoms with van der Waals surface area (Å²) in [5, 5.41) is 6.22. The van der Waals surface area contributed by atoms with Gasteiger partial charge in [-0.05, 0) is 64.4 Å². The molecule has 6 nitrogen and oxygen atoms in total. The summed E-state index contributed by atoms with van der Waals surface area (Å²) in [6.07, 6.45) is 1.43. The summed E-state index contributed by atoms with van der Waals surface area (Å²) < 4.78 is 29.3. The molecule has 2 rings (SSSR count). The van der Waals surface area contributed by atoms with Gasteiger partial charge in [-0.15, -0.1) is 0 Å². The first-order valence-corrected chi connectivity index (χ1v) is 10.6. The van der Waals surface area contributed by atoms with Crippen LogP contribution in [-0.2, 0) is 25.1 Å². The van der Waals surface area contributed by atoms with Gasteiger partial charge in [-0.1, -0.05) is 12.1 Å². The fraction of sp³-hybridized carbons (Fsp3) is 0.632. The van der Waals surface area contributed by atoms with Crippen LogP contribution < -0.4 is 10.6 Å². The third-order valence-corrected chi connectivity index (χ3v) is 7.52. The summed E-state index contributed by atoms with van der Waals surface area (Å²) in [5.74, 6) is -0.121. The average Bonchev–Trinajstić information content (AvgIpc) is 2.55. The smallest absolute Gasteiger partial charge is 0.233 e. The summed E-state index contributed by atoms with van der Waals surface area (Å²) in [4.78, 5) is 12.9. The van der Waals surface area contributed by atoms with Crippen molar-refractivity contribution in [1.82, 2.24) is 5.32 Å². The van der Waals surface area contributed by atoms with E-state index < -0.39 is 20.0 Å². The fourth-order valence-electron chi connectivity index (χ4n) is 3.06. The highest BCUT2D eigenvalue weighted by atomic mass is 32.2. The number of benzene rings is 1. The molecular weight excluding hydrogens is 352 g/mol. The Hall–Kier alpha value is -1.44. The van der Waals surface area contributed by atoms with Gasteiger partial charge in [0.2, 0.25) is 5.91 Å². The van der Waals surface area contributed by atoms with E-state index in [1.165, 1.54) is 0 Å². The van der Waals surface area contributed by atoms with Crippen LogP contribution in [0.1, 0.15) is 39.2 Å². The van der Waals surface area contributed by atoms with Gasteiger partial charge in [0.1, 0.15) is 0 Å². The van der Waals surface area contributed by atoms with Gasteiger partial charge >= 0.3 is 0 Å². The van der Waals surface area contributed by atoms with E-state index in [2.05, 4.69) is 10.6 Å². The molecule has 1 aromatic rings. The van der Waals surface area contributed by atoms with E-state index in [0.29, 0.717) is 30.7 Å². The van der Waals surface area contributed by atoms with E-state index in [4.69, 9.17) is 4.74 Å². The second-order valence-corrected chi connectivity index (χ2v) is 10.7. The van der Waals surface area contributed by atoms with E-state index in [0.717, 1.165) is 13.1 Å². The lowest BCUT2D eigenvalue weighted by Crippen LogP contribution is -2.47. The Morgan fingerprint density at radius 3 is 2.50 bits per heavy atom. The van der Waals surface area contributed by atoms with Crippen molar-refractivity contribution in [3.63, 3.8) is 0 Å². The number of carbonyl (C=O) groups is 1. The van der Waals surface area contributed by atoms with Crippen molar-refractivity contribution in [2.75, 3.05) is 32.1 Å². The van der Waals surface area contributed by atoms with E-state index in [9.17, 15) is 13.2 Å². The van der Waals surface area contributed by atoms with Gasteiger partial charge in [-0.2, -0.15) is 0 Å². The summed E-state index contributed by atoms with van der Waals surface area (Å²) in [6, 6.07) is 7.07. The molecule has 1 aromatic carbocycles. The largest absolute Gasteiger partial charge is 0.384 e. The van der Waals surface area contributed by atoms with Gasteiger partial charge in [0.25, 0.3) is 0 Å². The molecule has 7 heteroatoms. The van der Waals surface area contributed by atoms with Gasteiger partial charge in [-0.25, -0.2) is 8.42 Å². The standard InChI is InChI=1S/C19H30N2O4S/c1-18(2,3)26(23,24)13-15-6-5-7-16(12-15)21-17(22)19(14-25-4)8-10-20-11-9-19/h5-7,12,20H,8-11,13-14H2,1-4H3,(H,21,22). The Kier molecular flexibility index (Phi) is 6.47. The van der Waals surface area contributed by atoms with Gasteiger partial charge in [0.15, 0.2) is 9.84 Å². The zero-order chi connectivity index (χ0) is 19.4. The molecule has 0 aromatic heterocycles. The van der Waals surface area contributed by atoms with Crippen molar-refractivity contribution in [3.05, 3.63) is 29.8 Å². The minimum atomic E-state index is -3.28. The molecule has 1 amide bonds. The Bertz CT molecular complexity index is 727. The van der Waals surface area contributed by atoms with Crippen molar-refractivity contribution in [2.45, 2.75) is 44.1 Å². The maximum absolute atomic E-state index is 12.9. The molecule has 1 saturated heterocycles. The molecule has 1 aliphatic rings. The molecule has 0 atom stereocenters. The van der Waals surface area contributed by atoms with Crippen LogP contribution in [0.5, 0.6) is 0 Å². The van der Waals surface area contributed by atoms with E-state index in [-0.39, 0.29) is 11.7 Å². The normalized spacial score (nSPS) is 17.7. The molecule has 0 saturated carbocycles. The number of sulfone groups is 1. The van der Waals surface area contributed by atoms with Gasteiger partial charge in [0, 0.05) is 12.8 Å². The fourth-order valence-corrected chi connectivity index (χ4v) is 4.11. The zero-order valence-corrected chi connectivity index (χ0v) is 16.9. The second-order valence-electron chi connectivity index (χ2n) is 7.99. The van der Waals surface area contributed by atoms with Crippen molar-refractivity contribution in [2.24, 2.45) is 5.41 Å². The van der Waals surface area contributed by atoms with E-state index >= 15 is 0 Å². The predicted molar refractivity (Wildman–Crippen MR) is 104 cm³/mol. The molecule has 0 spiro atoms. The topological polar surface area (TPSA) is 84.5 Å². The number of ether oxygens (including phenoxy) is 1. The van der Waals surface area contributed by atoms with Crippen molar-refractivity contribution < 1.29 is 17.9 Å². The Labute approximate surface area is 156 Å². The highest BCUT2D eigenvalue weighted by Gasteiger charge is 2.39. The van der Waals surface area contributed by atoms with Gasteiger partial charge in [0.05, 0.1) is 22.5 Å². The monoisotopic (exact) mass is 382 g/mol. The van der Waals surface area contributed by atoms with Crippen LogP contribution in [0, 0.1) is 5.41 Å². The van der Waals surface area contributed by atoms with Crippen molar-refractivity contribution >= 4 is 21.4 Å². The van der Waals surface area contributed by atoms with Crippen molar-refractivity contribution in [1.29, 1.82) is 0 Å². The minimum Gasteiger partial charge on any atom is -0.384 e. The summed E-state index contributed by atoms with van der Waals surface area (Å²) in [6.45, 7) is 7.01. The number of piperidine rings is 1. The SMILES string of the molecule is COCC1(C(=O)Nc2cccc(CS(=O)(=O)C(C)(C)C)c2)CCNCC1. The van der Waals surface area contributed by atoms with Crippen LogP contribution in [0.15, 0.2) is 24.3 Å².